The largest absolute Gasteiger partial charge is 0.310 e. The van der Waals surface area contributed by atoms with Gasteiger partial charge in [0.15, 0.2) is 0 Å². The SMILES string of the molecule is CCCNC(Cc1cccc(Cl)c1)c1cncc(F)c1. The van der Waals surface area contributed by atoms with Crippen LogP contribution in [0.3, 0.4) is 0 Å². The van der Waals surface area contributed by atoms with E-state index in [2.05, 4.69) is 17.2 Å². The molecule has 1 N–H and O–H groups in total. The Balaban J connectivity index is 2.19. The van der Waals surface area contributed by atoms with Crippen molar-refractivity contribution in [2.24, 2.45) is 0 Å². The molecule has 2 aromatic rings. The Morgan fingerprint density at radius 2 is 2.15 bits per heavy atom. The van der Waals surface area contributed by atoms with Gasteiger partial charge in [-0.2, -0.15) is 0 Å². The van der Waals surface area contributed by atoms with Crippen molar-refractivity contribution in [1.82, 2.24) is 10.3 Å². The molecular formula is C16H18ClFN2. The highest BCUT2D eigenvalue weighted by Crippen LogP contribution is 2.20. The average Bonchev–Trinajstić information content (AvgIpc) is 2.43. The zero-order chi connectivity index (χ0) is 14.4. The summed E-state index contributed by atoms with van der Waals surface area (Å²) in [5.74, 6) is -0.308. The monoisotopic (exact) mass is 292 g/mol. The quantitative estimate of drug-likeness (QED) is 0.865. The van der Waals surface area contributed by atoms with E-state index < -0.39 is 0 Å². The van der Waals surface area contributed by atoms with Gasteiger partial charge in [-0.1, -0.05) is 30.7 Å². The van der Waals surface area contributed by atoms with Gasteiger partial charge in [0.25, 0.3) is 0 Å². The summed E-state index contributed by atoms with van der Waals surface area (Å²) in [6, 6.07) is 9.32. The normalized spacial score (nSPS) is 12.3. The van der Waals surface area contributed by atoms with E-state index in [1.807, 2.05) is 24.3 Å². The summed E-state index contributed by atoms with van der Waals surface area (Å²) in [6.45, 7) is 2.98. The molecule has 4 heteroatoms. The molecule has 0 radical (unpaired) electrons. The molecule has 1 heterocycles. The summed E-state index contributed by atoms with van der Waals surface area (Å²) in [4.78, 5) is 3.93. The van der Waals surface area contributed by atoms with Gasteiger partial charge in [0.1, 0.15) is 5.82 Å². The van der Waals surface area contributed by atoms with E-state index in [1.165, 1.54) is 12.3 Å². The van der Waals surface area contributed by atoms with Crippen LogP contribution in [0.15, 0.2) is 42.7 Å². The second-order valence-electron chi connectivity index (χ2n) is 4.78. The molecule has 0 bridgehead atoms. The van der Waals surface area contributed by atoms with E-state index in [0.717, 1.165) is 30.5 Å². The minimum atomic E-state index is -0.308. The minimum absolute atomic E-state index is 0.0385. The Morgan fingerprint density at radius 1 is 1.30 bits per heavy atom. The number of hydrogen-bond donors (Lipinski definition) is 1. The molecule has 0 aliphatic heterocycles. The lowest BCUT2D eigenvalue weighted by atomic mass is 10.00. The van der Waals surface area contributed by atoms with E-state index in [9.17, 15) is 4.39 Å². The number of nitrogens with one attached hydrogen (secondary N) is 1. The summed E-state index contributed by atoms with van der Waals surface area (Å²) in [7, 11) is 0. The number of rotatable bonds is 6. The maximum atomic E-state index is 13.3. The molecule has 0 saturated heterocycles. The van der Waals surface area contributed by atoms with E-state index in [1.54, 1.807) is 6.20 Å². The fraction of sp³-hybridized carbons (Fsp3) is 0.312. The van der Waals surface area contributed by atoms with Gasteiger partial charge in [0.2, 0.25) is 0 Å². The second-order valence-corrected chi connectivity index (χ2v) is 5.21. The zero-order valence-corrected chi connectivity index (χ0v) is 12.2. The number of hydrogen-bond acceptors (Lipinski definition) is 2. The van der Waals surface area contributed by atoms with Crippen LogP contribution < -0.4 is 5.32 Å². The summed E-state index contributed by atoms with van der Waals surface area (Å²) in [6.07, 6.45) is 4.71. The third-order valence-corrected chi connectivity index (χ3v) is 3.33. The Labute approximate surface area is 124 Å². The van der Waals surface area contributed by atoms with Gasteiger partial charge in [-0.05, 0) is 48.7 Å². The summed E-state index contributed by atoms with van der Waals surface area (Å²) < 4.78 is 13.3. The van der Waals surface area contributed by atoms with E-state index >= 15 is 0 Å². The van der Waals surface area contributed by atoms with Crippen LogP contribution in [0.2, 0.25) is 5.02 Å². The predicted molar refractivity (Wildman–Crippen MR) is 80.4 cm³/mol. The molecule has 0 aliphatic rings. The maximum absolute atomic E-state index is 13.3. The van der Waals surface area contributed by atoms with Crippen LogP contribution >= 0.6 is 11.6 Å². The van der Waals surface area contributed by atoms with Crippen molar-refractivity contribution >= 4 is 11.6 Å². The van der Waals surface area contributed by atoms with E-state index in [0.29, 0.717) is 5.02 Å². The molecule has 0 amide bonds. The maximum Gasteiger partial charge on any atom is 0.141 e. The number of benzene rings is 1. The van der Waals surface area contributed by atoms with Gasteiger partial charge in [0.05, 0.1) is 6.20 Å². The van der Waals surface area contributed by atoms with Crippen LogP contribution in [0.5, 0.6) is 0 Å². The molecule has 2 nitrogen and oxygen atoms in total. The third kappa shape index (κ3) is 4.29. The molecule has 1 aromatic carbocycles. The molecule has 1 unspecified atom stereocenters. The fourth-order valence-electron chi connectivity index (χ4n) is 2.14. The number of pyridine rings is 1. The predicted octanol–water partition coefficient (Wildman–Crippen LogP) is 4.16. The first-order valence-electron chi connectivity index (χ1n) is 6.77. The first kappa shape index (κ1) is 14.9. The molecule has 1 atom stereocenters. The highest BCUT2D eigenvalue weighted by molar-refractivity contribution is 6.30. The van der Waals surface area contributed by atoms with Crippen LogP contribution in [0, 0.1) is 5.82 Å². The van der Waals surface area contributed by atoms with Gasteiger partial charge in [-0.25, -0.2) is 4.39 Å². The van der Waals surface area contributed by atoms with Crippen molar-refractivity contribution in [3.05, 3.63) is 64.7 Å². The first-order valence-corrected chi connectivity index (χ1v) is 7.15. The topological polar surface area (TPSA) is 24.9 Å². The van der Waals surface area contributed by atoms with Crippen LogP contribution in [0.25, 0.3) is 0 Å². The van der Waals surface area contributed by atoms with E-state index in [4.69, 9.17) is 11.6 Å². The molecule has 2 rings (SSSR count). The molecular weight excluding hydrogens is 275 g/mol. The van der Waals surface area contributed by atoms with Crippen molar-refractivity contribution < 1.29 is 4.39 Å². The molecule has 106 valence electrons. The third-order valence-electron chi connectivity index (χ3n) is 3.10. The number of nitrogens with zero attached hydrogens (tertiary/aromatic N) is 1. The molecule has 0 fully saturated rings. The molecule has 20 heavy (non-hydrogen) atoms. The lowest BCUT2D eigenvalue weighted by molar-refractivity contribution is 0.521. The smallest absolute Gasteiger partial charge is 0.141 e. The van der Waals surface area contributed by atoms with E-state index in [-0.39, 0.29) is 11.9 Å². The zero-order valence-electron chi connectivity index (χ0n) is 11.4. The van der Waals surface area contributed by atoms with Crippen LogP contribution in [-0.2, 0) is 6.42 Å². The first-order chi connectivity index (χ1) is 9.69. The van der Waals surface area contributed by atoms with Gasteiger partial charge < -0.3 is 5.32 Å². The number of aromatic nitrogens is 1. The van der Waals surface area contributed by atoms with Gasteiger partial charge >= 0.3 is 0 Å². The van der Waals surface area contributed by atoms with Crippen molar-refractivity contribution in [2.45, 2.75) is 25.8 Å². The van der Waals surface area contributed by atoms with Crippen LogP contribution in [0.4, 0.5) is 4.39 Å². The Bertz CT molecular complexity index is 560. The second kappa shape index (κ2) is 7.36. The Morgan fingerprint density at radius 3 is 2.85 bits per heavy atom. The van der Waals surface area contributed by atoms with Gasteiger partial charge in [-0.15, -0.1) is 0 Å². The standard InChI is InChI=1S/C16H18ClFN2/c1-2-6-20-16(13-9-15(18)11-19-10-13)8-12-4-3-5-14(17)7-12/h3-5,7,9-11,16,20H,2,6,8H2,1H3. The van der Waals surface area contributed by atoms with Crippen LogP contribution in [0.1, 0.15) is 30.5 Å². The molecule has 1 aromatic heterocycles. The number of halogens is 2. The summed E-state index contributed by atoms with van der Waals surface area (Å²) in [5, 5.41) is 4.15. The minimum Gasteiger partial charge on any atom is -0.310 e. The lowest BCUT2D eigenvalue weighted by Gasteiger charge is -2.19. The van der Waals surface area contributed by atoms with Crippen molar-refractivity contribution in [2.75, 3.05) is 6.54 Å². The van der Waals surface area contributed by atoms with Crippen LogP contribution in [-0.4, -0.2) is 11.5 Å². The average molecular weight is 293 g/mol. The molecule has 0 spiro atoms. The van der Waals surface area contributed by atoms with Gasteiger partial charge in [-0.3, -0.25) is 4.98 Å². The molecule has 0 aliphatic carbocycles. The lowest BCUT2D eigenvalue weighted by Crippen LogP contribution is -2.24. The molecule has 0 saturated carbocycles. The highest BCUT2D eigenvalue weighted by Gasteiger charge is 2.13. The van der Waals surface area contributed by atoms with Crippen molar-refractivity contribution in [1.29, 1.82) is 0 Å². The Kier molecular flexibility index (Phi) is 5.50. The fourth-order valence-corrected chi connectivity index (χ4v) is 2.36. The van der Waals surface area contributed by atoms with Crippen molar-refractivity contribution in [3.63, 3.8) is 0 Å². The van der Waals surface area contributed by atoms with Crippen molar-refractivity contribution in [3.8, 4) is 0 Å². The summed E-state index contributed by atoms with van der Waals surface area (Å²) in [5.41, 5.74) is 1.98. The van der Waals surface area contributed by atoms with Gasteiger partial charge in [0, 0.05) is 17.3 Å². The Hall–Kier alpha value is -1.45. The highest BCUT2D eigenvalue weighted by atomic mass is 35.5. The summed E-state index contributed by atoms with van der Waals surface area (Å²) >= 11 is 6.01.